The predicted octanol–water partition coefficient (Wildman–Crippen LogP) is 1.06. The fourth-order valence-electron chi connectivity index (χ4n) is 3.04. The summed E-state index contributed by atoms with van der Waals surface area (Å²) < 4.78 is 5.22. The summed E-state index contributed by atoms with van der Waals surface area (Å²) in [6, 6.07) is 8.55. The number of anilines is 1. The fraction of sp³-hybridized carbons (Fsp3) is 0.579. The molecule has 0 spiro atoms. The average molecular weight is 359 g/mol. The Kier molecular flexibility index (Phi) is 6.20. The van der Waals surface area contributed by atoms with Crippen molar-refractivity contribution in [3.63, 3.8) is 0 Å². The summed E-state index contributed by atoms with van der Waals surface area (Å²) in [5, 5.41) is 6.29. The Balaban J connectivity index is 1.53. The van der Waals surface area contributed by atoms with E-state index in [1.807, 2.05) is 19.1 Å². The van der Waals surface area contributed by atoms with Crippen molar-refractivity contribution in [1.82, 2.24) is 15.5 Å². The van der Waals surface area contributed by atoms with Gasteiger partial charge in [-0.15, -0.1) is 0 Å². The molecule has 1 aromatic rings. The van der Waals surface area contributed by atoms with Gasteiger partial charge in [0.1, 0.15) is 12.3 Å². The van der Waals surface area contributed by atoms with Gasteiger partial charge < -0.3 is 25.2 Å². The number of benzene rings is 1. The molecule has 1 saturated heterocycles. The Hall–Kier alpha value is -2.44. The van der Waals surface area contributed by atoms with Crippen LogP contribution in [0.4, 0.5) is 5.69 Å². The summed E-state index contributed by atoms with van der Waals surface area (Å²) >= 11 is 0. The van der Waals surface area contributed by atoms with Crippen LogP contribution in [0.5, 0.6) is 5.75 Å². The number of carbonyl (C=O) groups excluding carboxylic acids is 1. The lowest BCUT2D eigenvalue weighted by molar-refractivity contribution is -0.119. The third-order valence-corrected chi connectivity index (χ3v) is 4.67. The van der Waals surface area contributed by atoms with Gasteiger partial charge >= 0.3 is 0 Å². The van der Waals surface area contributed by atoms with Crippen LogP contribution in [0.1, 0.15) is 19.8 Å². The first-order valence-corrected chi connectivity index (χ1v) is 9.41. The number of nitrogens with zero attached hydrogens (tertiary/aromatic N) is 3. The van der Waals surface area contributed by atoms with Gasteiger partial charge in [0.15, 0.2) is 5.96 Å². The first-order chi connectivity index (χ1) is 12.7. The standard InChI is InChI=1S/C19H29N5O2/c1-3-20-19(21-14-18(25)22-15-4-5-15)24-12-10-23(11-13-24)16-6-8-17(26-2)9-7-16/h6-9,15H,3-5,10-14H2,1-2H3,(H,20,21)(H,22,25). The third-order valence-electron chi connectivity index (χ3n) is 4.67. The molecule has 0 unspecified atom stereocenters. The number of rotatable bonds is 6. The average Bonchev–Trinajstić information content (AvgIpc) is 3.49. The van der Waals surface area contributed by atoms with E-state index in [1.165, 1.54) is 5.69 Å². The molecule has 0 atom stereocenters. The van der Waals surface area contributed by atoms with Gasteiger partial charge in [0.2, 0.25) is 5.91 Å². The molecular weight excluding hydrogens is 330 g/mol. The van der Waals surface area contributed by atoms with Gasteiger partial charge in [0.05, 0.1) is 7.11 Å². The summed E-state index contributed by atoms with van der Waals surface area (Å²) in [5.41, 5.74) is 1.20. The highest BCUT2D eigenvalue weighted by atomic mass is 16.5. The maximum absolute atomic E-state index is 11.9. The van der Waals surface area contributed by atoms with Crippen molar-refractivity contribution in [1.29, 1.82) is 0 Å². The first-order valence-electron chi connectivity index (χ1n) is 9.41. The van der Waals surface area contributed by atoms with Gasteiger partial charge in [0.25, 0.3) is 0 Å². The summed E-state index contributed by atoms with van der Waals surface area (Å²) in [7, 11) is 1.68. The van der Waals surface area contributed by atoms with E-state index in [1.54, 1.807) is 7.11 Å². The summed E-state index contributed by atoms with van der Waals surface area (Å²) in [4.78, 5) is 21.0. The van der Waals surface area contributed by atoms with Gasteiger partial charge in [-0.3, -0.25) is 4.79 Å². The smallest absolute Gasteiger partial charge is 0.242 e. The van der Waals surface area contributed by atoms with Gasteiger partial charge in [0, 0.05) is 44.5 Å². The van der Waals surface area contributed by atoms with Crippen LogP contribution in [0, 0.1) is 0 Å². The van der Waals surface area contributed by atoms with Gasteiger partial charge in [-0.2, -0.15) is 0 Å². The van der Waals surface area contributed by atoms with Crippen molar-refractivity contribution in [2.24, 2.45) is 4.99 Å². The lowest BCUT2D eigenvalue weighted by Crippen LogP contribution is -2.52. The molecule has 7 nitrogen and oxygen atoms in total. The minimum absolute atomic E-state index is 0.0137. The van der Waals surface area contributed by atoms with Crippen molar-refractivity contribution >= 4 is 17.6 Å². The minimum atomic E-state index is 0.0137. The number of guanidine groups is 1. The number of aliphatic imine (C=N–C) groups is 1. The summed E-state index contributed by atoms with van der Waals surface area (Å²) in [6.07, 6.45) is 2.20. The summed E-state index contributed by atoms with van der Waals surface area (Å²) in [5.74, 6) is 1.71. The second-order valence-electron chi connectivity index (χ2n) is 6.68. The number of nitrogens with one attached hydrogen (secondary N) is 2. The Morgan fingerprint density at radius 1 is 1.19 bits per heavy atom. The lowest BCUT2D eigenvalue weighted by Gasteiger charge is -2.37. The molecule has 1 amide bonds. The molecule has 7 heteroatoms. The van der Waals surface area contributed by atoms with Gasteiger partial charge in [-0.25, -0.2) is 4.99 Å². The molecule has 26 heavy (non-hydrogen) atoms. The number of carbonyl (C=O) groups is 1. The molecule has 0 bridgehead atoms. The van der Waals surface area contributed by atoms with Crippen molar-refractivity contribution in [2.75, 3.05) is 51.3 Å². The van der Waals surface area contributed by atoms with Crippen LogP contribution < -0.4 is 20.3 Å². The van der Waals surface area contributed by atoms with Gasteiger partial charge in [-0.1, -0.05) is 0 Å². The lowest BCUT2D eigenvalue weighted by atomic mass is 10.2. The molecule has 142 valence electrons. The zero-order valence-corrected chi connectivity index (χ0v) is 15.7. The van der Waals surface area contributed by atoms with Crippen LogP contribution in [0.2, 0.25) is 0 Å². The van der Waals surface area contributed by atoms with Crippen molar-refractivity contribution in [3.8, 4) is 5.75 Å². The molecule has 2 fully saturated rings. The van der Waals surface area contributed by atoms with Crippen LogP contribution in [-0.2, 0) is 4.79 Å². The Bertz CT molecular complexity index is 619. The predicted molar refractivity (Wildman–Crippen MR) is 104 cm³/mol. The number of methoxy groups -OCH3 is 1. The highest BCUT2D eigenvalue weighted by Gasteiger charge is 2.23. The minimum Gasteiger partial charge on any atom is -0.497 e. The second-order valence-corrected chi connectivity index (χ2v) is 6.68. The van der Waals surface area contributed by atoms with Crippen LogP contribution in [0.3, 0.4) is 0 Å². The number of ether oxygens (including phenoxy) is 1. The number of piperazine rings is 1. The molecule has 2 aliphatic rings. The van der Waals surface area contributed by atoms with E-state index >= 15 is 0 Å². The maximum atomic E-state index is 11.9. The Morgan fingerprint density at radius 2 is 1.88 bits per heavy atom. The number of hydrogen-bond donors (Lipinski definition) is 2. The number of hydrogen-bond acceptors (Lipinski definition) is 4. The van der Waals surface area contributed by atoms with E-state index in [-0.39, 0.29) is 12.5 Å². The van der Waals surface area contributed by atoms with Crippen LogP contribution in [-0.4, -0.2) is 69.2 Å². The van der Waals surface area contributed by atoms with Gasteiger partial charge in [-0.05, 0) is 44.0 Å². The molecular formula is C19H29N5O2. The first kappa shape index (κ1) is 18.4. The molecule has 0 radical (unpaired) electrons. The largest absolute Gasteiger partial charge is 0.497 e. The van der Waals surface area contributed by atoms with E-state index in [2.05, 4.69) is 37.6 Å². The monoisotopic (exact) mass is 359 g/mol. The summed E-state index contributed by atoms with van der Waals surface area (Å²) in [6.45, 7) is 6.63. The van der Waals surface area contributed by atoms with E-state index in [0.717, 1.165) is 57.3 Å². The van der Waals surface area contributed by atoms with Crippen molar-refractivity contribution in [3.05, 3.63) is 24.3 Å². The van der Waals surface area contributed by atoms with E-state index in [9.17, 15) is 4.79 Å². The number of amides is 1. The molecule has 1 saturated carbocycles. The third kappa shape index (κ3) is 5.03. The van der Waals surface area contributed by atoms with Crippen LogP contribution in [0.15, 0.2) is 29.3 Å². The SMILES string of the molecule is CCNC(=NCC(=O)NC1CC1)N1CCN(c2ccc(OC)cc2)CC1. The maximum Gasteiger partial charge on any atom is 0.242 e. The zero-order valence-electron chi connectivity index (χ0n) is 15.7. The normalized spacial score (nSPS) is 17.8. The quantitative estimate of drug-likeness (QED) is 0.587. The topological polar surface area (TPSA) is 69.2 Å². The fourth-order valence-corrected chi connectivity index (χ4v) is 3.04. The highest BCUT2D eigenvalue weighted by molar-refractivity contribution is 5.85. The van der Waals surface area contributed by atoms with Crippen LogP contribution in [0.25, 0.3) is 0 Å². The molecule has 1 heterocycles. The Morgan fingerprint density at radius 3 is 2.46 bits per heavy atom. The molecule has 1 aliphatic carbocycles. The van der Waals surface area contributed by atoms with Crippen molar-refractivity contribution in [2.45, 2.75) is 25.8 Å². The molecule has 2 N–H and O–H groups in total. The van der Waals surface area contributed by atoms with Crippen molar-refractivity contribution < 1.29 is 9.53 Å². The van der Waals surface area contributed by atoms with E-state index in [0.29, 0.717) is 6.04 Å². The van der Waals surface area contributed by atoms with E-state index < -0.39 is 0 Å². The molecule has 1 aromatic carbocycles. The molecule has 0 aromatic heterocycles. The zero-order chi connectivity index (χ0) is 18.4. The second kappa shape index (κ2) is 8.78. The van der Waals surface area contributed by atoms with E-state index in [4.69, 9.17) is 4.74 Å². The molecule has 1 aliphatic heterocycles. The molecule has 3 rings (SSSR count). The highest BCUT2D eigenvalue weighted by Crippen LogP contribution is 2.20. The van der Waals surface area contributed by atoms with Crippen LogP contribution >= 0.6 is 0 Å². The Labute approximate surface area is 155 Å².